The number of H-pyrrole nitrogens is 1. The number of nitrogens with one attached hydrogen (secondary N) is 4. The van der Waals surface area contributed by atoms with Gasteiger partial charge in [-0.3, -0.25) is 9.89 Å². The van der Waals surface area contributed by atoms with E-state index in [1.807, 2.05) is 19.1 Å². The number of hydrogen-bond acceptors (Lipinski definition) is 8. The number of carbonyl (C=O) groups excluding carboxylic acids is 1. The molecule has 2 unspecified atom stereocenters. The Morgan fingerprint density at radius 1 is 1.24 bits per heavy atom. The predicted octanol–water partition coefficient (Wildman–Crippen LogP) is 2.34. The number of rotatable bonds is 13. The van der Waals surface area contributed by atoms with Crippen molar-refractivity contribution in [3.05, 3.63) is 71.6 Å². The second-order valence-corrected chi connectivity index (χ2v) is 8.72. The Hall–Kier alpha value is -4.13. The van der Waals surface area contributed by atoms with Gasteiger partial charge in [-0.1, -0.05) is 13.0 Å². The van der Waals surface area contributed by atoms with Gasteiger partial charge < -0.3 is 30.7 Å². The van der Waals surface area contributed by atoms with E-state index in [1.54, 1.807) is 18.2 Å². The molecule has 4 rings (SSSR count). The van der Waals surface area contributed by atoms with Gasteiger partial charge >= 0.3 is 0 Å². The minimum atomic E-state index is -0.430. The van der Waals surface area contributed by atoms with E-state index in [1.165, 1.54) is 24.5 Å². The molecule has 0 bridgehead atoms. The maximum atomic E-state index is 13.3. The number of amides is 1. The molecule has 0 saturated carbocycles. The van der Waals surface area contributed by atoms with E-state index >= 15 is 0 Å². The summed E-state index contributed by atoms with van der Waals surface area (Å²) >= 11 is 0. The number of ether oxygens (including phenoxy) is 1. The lowest BCUT2D eigenvalue weighted by atomic mass is 10.1. The van der Waals surface area contributed by atoms with Gasteiger partial charge in [-0.2, -0.15) is 5.10 Å². The Labute approximate surface area is 218 Å². The molecule has 2 aromatic carbocycles. The van der Waals surface area contributed by atoms with Crippen LogP contribution in [0.5, 0.6) is 5.75 Å². The van der Waals surface area contributed by atoms with Crippen LogP contribution in [0.25, 0.3) is 10.9 Å². The number of nitrogens with zero attached hydrogens (tertiary/aromatic N) is 3. The average molecular weight is 524 g/mol. The first-order valence-corrected chi connectivity index (χ1v) is 12.3. The summed E-state index contributed by atoms with van der Waals surface area (Å²) in [7, 11) is 0. The summed E-state index contributed by atoms with van der Waals surface area (Å²) in [6, 6.07) is 12.7. The molecule has 4 aromatic rings. The Bertz CT molecular complexity index is 1370. The van der Waals surface area contributed by atoms with E-state index in [0.29, 0.717) is 53.7 Å². The number of fused-ring (bicyclic) bond motifs is 1. The normalized spacial score (nSPS) is 12.7. The quantitative estimate of drug-likeness (QED) is 0.167. The summed E-state index contributed by atoms with van der Waals surface area (Å²) < 4.78 is 19.2. The average Bonchev–Trinajstić information content (AvgIpc) is 3.33. The molecular weight excluding hydrogens is 493 g/mol. The number of quaternary nitrogens is 1. The molecule has 1 amide bonds. The molecule has 12 heteroatoms. The van der Waals surface area contributed by atoms with Crippen LogP contribution in [-0.2, 0) is 11.2 Å². The lowest BCUT2D eigenvalue weighted by molar-refractivity contribution is -0.876. The number of aliphatic hydroxyl groups is 1. The van der Waals surface area contributed by atoms with Crippen molar-refractivity contribution in [1.82, 2.24) is 20.2 Å². The van der Waals surface area contributed by atoms with Gasteiger partial charge in [0, 0.05) is 29.6 Å². The van der Waals surface area contributed by atoms with Crippen molar-refractivity contribution in [3.8, 4) is 5.75 Å². The minimum absolute atomic E-state index is 0.00436. The maximum Gasteiger partial charge on any atom is 0.230 e. The summed E-state index contributed by atoms with van der Waals surface area (Å²) in [5, 5.41) is 34.6. The van der Waals surface area contributed by atoms with Gasteiger partial charge in [-0.15, -0.1) is 0 Å². The second kappa shape index (κ2) is 12.9. The first kappa shape index (κ1) is 26.9. The third kappa shape index (κ3) is 7.22. The summed E-state index contributed by atoms with van der Waals surface area (Å²) in [5.41, 5.74) is 1.54. The van der Waals surface area contributed by atoms with Crippen LogP contribution < -0.4 is 20.4 Å². The van der Waals surface area contributed by atoms with E-state index in [9.17, 15) is 14.4 Å². The van der Waals surface area contributed by atoms with Crippen molar-refractivity contribution in [1.29, 1.82) is 0 Å². The van der Waals surface area contributed by atoms with Crippen LogP contribution in [0, 0.1) is 11.0 Å². The van der Waals surface area contributed by atoms with Gasteiger partial charge in [0.05, 0.1) is 36.9 Å². The van der Waals surface area contributed by atoms with Gasteiger partial charge in [-0.25, -0.2) is 14.4 Å². The minimum Gasteiger partial charge on any atom is -0.634 e. The maximum absolute atomic E-state index is 13.3. The van der Waals surface area contributed by atoms with Gasteiger partial charge in [0.1, 0.15) is 36.1 Å². The highest BCUT2D eigenvalue weighted by molar-refractivity contribution is 5.93. The molecule has 2 atom stereocenters. The number of aromatic amines is 1. The molecule has 2 heterocycles. The molecule has 38 heavy (non-hydrogen) atoms. The number of anilines is 3. The molecule has 5 N–H and O–H groups in total. The molecule has 11 nitrogen and oxygen atoms in total. The molecule has 0 saturated heterocycles. The zero-order valence-electron chi connectivity index (χ0n) is 20.9. The van der Waals surface area contributed by atoms with E-state index in [4.69, 9.17) is 9.84 Å². The van der Waals surface area contributed by atoms with Crippen molar-refractivity contribution >= 4 is 34.1 Å². The van der Waals surface area contributed by atoms with E-state index in [-0.39, 0.29) is 36.6 Å². The summed E-state index contributed by atoms with van der Waals surface area (Å²) in [4.78, 5) is 20.9. The topological polar surface area (TPSA) is 153 Å². The molecule has 0 radical (unpaired) electrons. The molecule has 200 valence electrons. The molecule has 0 aliphatic rings. The first-order valence-electron chi connectivity index (χ1n) is 12.3. The standard InChI is InChI=1S/C26H30FN7O4/c1-2-20(34(37)9-10-35)8-11-38-21-6-7-22-23(15-21)28-16-29-26(22)31-24-13-19(32-33-24)14-25(36)30-18-5-3-4-17(27)12-18/h3-7,12-13,15-16,20,34-35H,2,8-11,14H2,1H3,(H,30,36)(H2,28,29,31,32,33). The fraction of sp³-hybridized carbons (Fsp3) is 0.308. The number of benzene rings is 2. The molecule has 2 aromatic heterocycles. The summed E-state index contributed by atoms with van der Waals surface area (Å²) in [6.07, 6.45) is 2.71. The molecule has 0 fully saturated rings. The number of aromatic nitrogens is 4. The van der Waals surface area contributed by atoms with Crippen molar-refractivity contribution < 1.29 is 24.1 Å². The van der Waals surface area contributed by atoms with Crippen LogP contribution in [0.4, 0.5) is 21.7 Å². The number of carbonyl (C=O) groups is 1. The van der Waals surface area contributed by atoms with Crippen molar-refractivity contribution in [3.63, 3.8) is 0 Å². The Morgan fingerprint density at radius 2 is 2.11 bits per heavy atom. The summed E-state index contributed by atoms with van der Waals surface area (Å²) in [6.45, 7) is 2.36. The van der Waals surface area contributed by atoms with Crippen LogP contribution in [0.1, 0.15) is 25.5 Å². The zero-order valence-corrected chi connectivity index (χ0v) is 20.9. The van der Waals surface area contributed by atoms with Crippen LogP contribution in [0.2, 0.25) is 0 Å². The SMILES string of the molecule is CCC(CCOc1ccc2c(Nc3cc(CC(=O)Nc4cccc(F)c4)n[nH]3)ncnc2c1)[NH+]([O-])CCO. The number of hydrogen-bond donors (Lipinski definition) is 5. The highest BCUT2D eigenvalue weighted by Crippen LogP contribution is 2.26. The largest absolute Gasteiger partial charge is 0.634 e. The third-order valence-corrected chi connectivity index (χ3v) is 5.98. The van der Waals surface area contributed by atoms with Gasteiger partial charge in [0.15, 0.2) is 0 Å². The monoisotopic (exact) mass is 523 g/mol. The van der Waals surface area contributed by atoms with Crippen LogP contribution in [0.3, 0.4) is 0 Å². The lowest BCUT2D eigenvalue weighted by Gasteiger charge is -2.30. The number of hydroxylamine groups is 2. The molecule has 0 aliphatic heterocycles. The fourth-order valence-electron chi connectivity index (χ4n) is 4.03. The van der Waals surface area contributed by atoms with Crippen LogP contribution in [-0.4, -0.2) is 57.0 Å². The summed E-state index contributed by atoms with van der Waals surface area (Å²) in [5.74, 6) is 0.954. The molecule has 0 spiro atoms. The smallest absolute Gasteiger partial charge is 0.230 e. The van der Waals surface area contributed by atoms with E-state index in [2.05, 4.69) is 30.8 Å². The third-order valence-electron chi connectivity index (χ3n) is 5.98. The highest BCUT2D eigenvalue weighted by Gasteiger charge is 2.14. The van der Waals surface area contributed by atoms with Crippen molar-refractivity contribution in [2.75, 3.05) is 30.4 Å². The van der Waals surface area contributed by atoms with Crippen molar-refractivity contribution in [2.45, 2.75) is 32.2 Å². The van der Waals surface area contributed by atoms with E-state index < -0.39 is 5.82 Å². The second-order valence-electron chi connectivity index (χ2n) is 8.72. The van der Waals surface area contributed by atoms with E-state index in [0.717, 1.165) is 5.39 Å². The Morgan fingerprint density at radius 3 is 2.89 bits per heavy atom. The predicted molar refractivity (Wildman–Crippen MR) is 141 cm³/mol. The first-order chi connectivity index (χ1) is 18.4. The molecular formula is C26H30FN7O4. The van der Waals surface area contributed by atoms with Gasteiger partial charge in [0.25, 0.3) is 0 Å². The van der Waals surface area contributed by atoms with Gasteiger partial charge in [-0.05, 0) is 36.8 Å². The lowest BCUT2D eigenvalue weighted by Crippen LogP contribution is -3.11. The number of halogens is 1. The van der Waals surface area contributed by atoms with Gasteiger partial charge in [0.2, 0.25) is 5.91 Å². The molecule has 0 aliphatic carbocycles. The zero-order chi connectivity index (χ0) is 26.9. The van der Waals surface area contributed by atoms with Crippen LogP contribution in [0.15, 0.2) is 54.9 Å². The highest BCUT2D eigenvalue weighted by atomic mass is 19.1. The Kier molecular flexibility index (Phi) is 9.14. The Balaban J connectivity index is 1.35. The number of aliphatic hydroxyl groups excluding tert-OH is 1. The van der Waals surface area contributed by atoms with Crippen LogP contribution >= 0.6 is 0 Å². The fourth-order valence-corrected chi connectivity index (χ4v) is 4.03. The van der Waals surface area contributed by atoms with Crippen molar-refractivity contribution in [2.24, 2.45) is 0 Å².